The number of H-pyrrole nitrogens is 1. The zero-order valence-corrected chi connectivity index (χ0v) is 13.0. The van der Waals surface area contributed by atoms with Crippen molar-refractivity contribution in [3.63, 3.8) is 0 Å². The van der Waals surface area contributed by atoms with Gasteiger partial charge in [0, 0.05) is 7.05 Å². The molecule has 106 valence electrons. The molecule has 1 aromatic carbocycles. The lowest BCUT2D eigenvalue weighted by molar-refractivity contribution is 0.748. The number of nitrogens with one attached hydrogen (secondary N) is 1. The van der Waals surface area contributed by atoms with Crippen LogP contribution >= 0.6 is 12.2 Å². The Morgan fingerprint density at radius 1 is 1.43 bits per heavy atom. The van der Waals surface area contributed by atoms with Crippen LogP contribution in [0.3, 0.4) is 0 Å². The van der Waals surface area contributed by atoms with Crippen LogP contribution in [0.25, 0.3) is 16.9 Å². The molecule has 0 fully saturated rings. The highest BCUT2D eigenvalue weighted by atomic mass is 32.1. The zero-order valence-electron chi connectivity index (χ0n) is 12.1. The molecule has 0 spiro atoms. The van der Waals surface area contributed by atoms with Gasteiger partial charge in [-0.05, 0) is 43.3 Å². The lowest BCUT2D eigenvalue weighted by Crippen LogP contribution is -2.03. The van der Waals surface area contributed by atoms with Crippen LogP contribution in [-0.2, 0) is 13.5 Å². The average Bonchev–Trinajstić information content (AvgIpc) is 2.96. The first-order valence-electron chi connectivity index (χ1n) is 6.74. The third-order valence-electron chi connectivity index (χ3n) is 3.65. The molecule has 3 rings (SSSR count). The van der Waals surface area contributed by atoms with Gasteiger partial charge in [0.05, 0.1) is 23.0 Å². The summed E-state index contributed by atoms with van der Waals surface area (Å²) in [7, 11) is 1.91. The maximum Gasteiger partial charge on any atom is 0.184 e. The quantitative estimate of drug-likeness (QED) is 0.739. The maximum absolute atomic E-state index is 9.12. The summed E-state index contributed by atoms with van der Waals surface area (Å²) >= 11 is 5.48. The van der Waals surface area contributed by atoms with Crippen molar-refractivity contribution in [2.24, 2.45) is 7.05 Å². The third kappa shape index (κ3) is 1.98. The van der Waals surface area contributed by atoms with Crippen LogP contribution in [-0.4, -0.2) is 19.3 Å². The lowest BCUT2D eigenvalue weighted by atomic mass is 10.1. The van der Waals surface area contributed by atoms with Gasteiger partial charge in [-0.3, -0.25) is 4.57 Å². The highest BCUT2D eigenvalue weighted by Crippen LogP contribution is 2.24. The van der Waals surface area contributed by atoms with E-state index in [0.717, 1.165) is 34.5 Å². The van der Waals surface area contributed by atoms with Gasteiger partial charge in [-0.25, -0.2) is 4.68 Å². The number of rotatable bonds is 2. The number of nitrogens with zero attached hydrogens (tertiary/aromatic N) is 4. The molecule has 6 heteroatoms. The molecule has 1 N–H and O–H groups in total. The van der Waals surface area contributed by atoms with Crippen molar-refractivity contribution in [2.75, 3.05) is 0 Å². The van der Waals surface area contributed by atoms with Crippen molar-refractivity contribution in [1.82, 2.24) is 19.3 Å². The minimum atomic E-state index is 0.615. The van der Waals surface area contributed by atoms with Gasteiger partial charge >= 0.3 is 0 Å². The highest BCUT2D eigenvalue weighted by Gasteiger charge is 2.16. The number of aryl methyl sites for hydroxylation is 3. The third-order valence-corrected chi connectivity index (χ3v) is 3.93. The molecule has 0 bridgehead atoms. The molecule has 0 saturated carbocycles. The number of aromatic nitrogens is 4. The summed E-state index contributed by atoms with van der Waals surface area (Å²) in [6.07, 6.45) is 0.837. The Kier molecular flexibility index (Phi) is 3.15. The Morgan fingerprint density at radius 3 is 2.86 bits per heavy atom. The van der Waals surface area contributed by atoms with Crippen LogP contribution in [0.15, 0.2) is 18.2 Å². The van der Waals surface area contributed by atoms with Crippen molar-refractivity contribution in [2.45, 2.75) is 20.3 Å². The molecule has 0 amide bonds. The van der Waals surface area contributed by atoms with Gasteiger partial charge in [-0.2, -0.15) is 10.4 Å². The second-order valence-corrected chi connectivity index (χ2v) is 5.39. The van der Waals surface area contributed by atoms with Crippen molar-refractivity contribution in [1.29, 1.82) is 5.26 Å². The molecular weight excluding hydrogens is 282 g/mol. The van der Waals surface area contributed by atoms with Gasteiger partial charge in [0.2, 0.25) is 0 Å². The van der Waals surface area contributed by atoms with E-state index in [-0.39, 0.29) is 0 Å². The smallest absolute Gasteiger partial charge is 0.184 e. The number of fused-ring (bicyclic) bond motifs is 1. The molecule has 0 saturated heterocycles. The summed E-state index contributed by atoms with van der Waals surface area (Å²) in [5.74, 6) is 0. The van der Waals surface area contributed by atoms with Crippen LogP contribution in [0, 0.1) is 23.0 Å². The second kappa shape index (κ2) is 4.86. The van der Waals surface area contributed by atoms with E-state index in [4.69, 9.17) is 17.5 Å². The molecule has 2 heterocycles. The predicted octanol–water partition coefficient (Wildman–Crippen LogP) is 3.16. The Balaban J connectivity index is 2.41. The highest BCUT2D eigenvalue weighted by molar-refractivity contribution is 7.71. The Bertz CT molecular complexity index is 936. The Morgan fingerprint density at radius 2 is 2.19 bits per heavy atom. The van der Waals surface area contributed by atoms with Crippen molar-refractivity contribution in [3.8, 4) is 11.8 Å². The van der Waals surface area contributed by atoms with Crippen LogP contribution in [0.5, 0.6) is 0 Å². The van der Waals surface area contributed by atoms with E-state index in [1.54, 1.807) is 0 Å². The fourth-order valence-corrected chi connectivity index (χ4v) is 2.89. The summed E-state index contributed by atoms with van der Waals surface area (Å²) in [4.78, 5) is 3.24. The first-order chi connectivity index (χ1) is 10.1. The number of nitriles is 1. The summed E-state index contributed by atoms with van der Waals surface area (Å²) < 4.78 is 4.40. The van der Waals surface area contributed by atoms with E-state index in [0.29, 0.717) is 10.3 Å². The molecule has 5 nitrogen and oxygen atoms in total. The molecule has 21 heavy (non-hydrogen) atoms. The minimum absolute atomic E-state index is 0.615. The number of hydrogen-bond acceptors (Lipinski definition) is 3. The van der Waals surface area contributed by atoms with Crippen molar-refractivity contribution in [3.05, 3.63) is 39.8 Å². The van der Waals surface area contributed by atoms with Gasteiger partial charge in [-0.1, -0.05) is 13.0 Å². The summed E-state index contributed by atoms with van der Waals surface area (Å²) in [6, 6.07) is 7.78. The van der Waals surface area contributed by atoms with E-state index in [1.807, 2.05) is 41.4 Å². The van der Waals surface area contributed by atoms with E-state index in [1.165, 1.54) is 0 Å². The van der Waals surface area contributed by atoms with Gasteiger partial charge < -0.3 is 4.98 Å². The maximum atomic E-state index is 9.12. The van der Waals surface area contributed by atoms with Crippen molar-refractivity contribution < 1.29 is 0 Å². The van der Waals surface area contributed by atoms with Gasteiger partial charge in [0.25, 0.3) is 0 Å². The summed E-state index contributed by atoms with van der Waals surface area (Å²) in [5.41, 5.74) is 5.47. The second-order valence-electron chi connectivity index (χ2n) is 5.00. The first kappa shape index (κ1) is 13.6. The summed E-state index contributed by atoms with van der Waals surface area (Å²) in [6.45, 7) is 4.08. The molecule has 0 radical (unpaired) electrons. The van der Waals surface area contributed by atoms with Crippen molar-refractivity contribution >= 4 is 23.4 Å². The van der Waals surface area contributed by atoms with E-state index < -0.39 is 0 Å². The van der Waals surface area contributed by atoms with E-state index in [9.17, 15) is 0 Å². The van der Waals surface area contributed by atoms with E-state index in [2.05, 4.69) is 23.1 Å². The van der Waals surface area contributed by atoms with Gasteiger partial charge in [-0.15, -0.1) is 0 Å². The minimum Gasteiger partial charge on any atom is -0.327 e. The standard InChI is InChI=1S/C15H15N5S/c1-4-11-13-14(19(3)18-11)20(15(21)17-13)12-7-10(8-16)6-5-9(12)2/h5-7H,4H2,1-3H3,(H,17,21). The Labute approximate surface area is 127 Å². The molecule has 0 aliphatic carbocycles. The van der Waals surface area contributed by atoms with Gasteiger partial charge in [0.1, 0.15) is 5.52 Å². The number of hydrogen-bond donors (Lipinski definition) is 1. The largest absolute Gasteiger partial charge is 0.327 e. The van der Waals surface area contributed by atoms with Crippen LogP contribution < -0.4 is 0 Å². The fraction of sp³-hybridized carbons (Fsp3) is 0.267. The molecule has 0 aliphatic heterocycles. The van der Waals surface area contributed by atoms with Crippen LogP contribution in [0.1, 0.15) is 23.7 Å². The van der Waals surface area contributed by atoms with Gasteiger partial charge in [0.15, 0.2) is 10.4 Å². The average molecular weight is 297 g/mol. The van der Waals surface area contributed by atoms with Crippen LogP contribution in [0.4, 0.5) is 0 Å². The monoisotopic (exact) mass is 297 g/mol. The Hall–Kier alpha value is -2.39. The first-order valence-corrected chi connectivity index (χ1v) is 7.15. The number of imidazole rings is 1. The topological polar surface area (TPSA) is 62.3 Å². The molecule has 2 aromatic heterocycles. The molecule has 3 aromatic rings. The molecule has 0 atom stereocenters. The normalized spacial score (nSPS) is 11.0. The van der Waals surface area contributed by atoms with E-state index >= 15 is 0 Å². The predicted molar refractivity (Wildman–Crippen MR) is 84.1 cm³/mol. The number of benzene rings is 1. The number of aromatic amines is 1. The molecule has 0 aliphatic rings. The van der Waals surface area contributed by atoms with Crippen LogP contribution in [0.2, 0.25) is 0 Å². The summed E-state index contributed by atoms with van der Waals surface area (Å²) in [5, 5.41) is 13.6. The zero-order chi connectivity index (χ0) is 15.1. The lowest BCUT2D eigenvalue weighted by Gasteiger charge is -2.09. The SMILES string of the molecule is CCc1nn(C)c2c1[nH]c(=S)n2-c1cc(C#N)ccc1C. The molecular formula is C15H15N5S. The molecule has 0 unspecified atom stereocenters. The fourth-order valence-electron chi connectivity index (χ4n) is 2.60.